The molecule has 0 bridgehead atoms. The Bertz CT molecular complexity index is 515. The Balaban J connectivity index is 1.74. The van der Waals surface area contributed by atoms with E-state index in [0.29, 0.717) is 13.1 Å². The highest BCUT2D eigenvalue weighted by atomic mass is 16.2. The van der Waals surface area contributed by atoms with Crippen molar-refractivity contribution in [1.82, 2.24) is 10.2 Å². The van der Waals surface area contributed by atoms with Gasteiger partial charge in [-0.3, -0.25) is 9.69 Å². The van der Waals surface area contributed by atoms with E-state index in [9.17, 15) is 9.59 Å². The largest absolute Gasteiger partial charge is 0.362 e. The van der Waals surface area contributed by atoms with Gasteiger partial charge in [-0.15, -0.1) is 0 Å². The van der Waals surface area contributed by atoms with Crippen LogP contribution in [-0.4, -0.2) is 43.0 Å². The number of para-hydroxylation sites is 1. The van der Waals surface area contributed by atoms with E-state index in [1.807, 2.05) is 18.2 Å². The summed E-state index contributed by atoms with van der Waals surface area (Å²) in [5.41, 5.74) is 2.41. The molecule has 3 amide bonds. The first-order chi connectivity index (χ1) is 9.25. The van der Waals surface area contributed by atoms with Crippen LogP contribution in [0.4, 0.5) is 10.5 Å². The summed E-state index contributed by atoms with van der Waals surface area (Å²) < 4.78 is 0. The number of imide groups is 1. The van der Waals surface area contributed by atoms with Crippen LogP contribution in [0.15, 0.2) is 24.3 Å². The number of benzene rings is 1. The number of carbonyl (C=O) groups is 2. The van der Waals surface area contributed by atoms with Gasteiger partial charge in [-0.25, -0.2) is 4.79 Å². The summed E-state index contributed by atoms with van der Waals surface area (Å²) in [5.74, 6) is -0.119. The maximum atomic E-state index is 12.2. The SMILES string of the molecule is O=C(CN1CCCc2ccccc21)N1CCNC1=O. The van der Waals surface area contributed by atoms with Crippen molar-refractivity contribution in [2.24, 2.45) is 0 Å². The van der Waals surface area contributed by atoms with Gasteiger partial charge in [0.05, 0.1) is 6.54 Å². The first-order valence-corrected chi connectivity index (χ1v) is 6.67. The fourth-order valence-electron chi connectivity index (χ4n) is 2.73. The number of rotatable bonds is 2. The zero-order valence-electron chi connectivity index (χ0n) is 10.8. The van der Waals surface area contributed by atoms with Gasteiger partial charge in [-0.05, 0) is 24.5 Å². The first kappa shape index (κ1) is 12.0. The number of amides is 3. The van der Waals surface area contributed by atoms with Crippen LogP contribution < -0.4 is 10.2 Å². The molecule has 2 aliphatic rings. The van der Waals surface area contributed by atoms with Gasteiger partial charge in [-0.1, -0.05) is 18.2 Å². The third kappa shape index (κ3) is 2.28. The Hall–Kier alpha value is -2.04. The van der Waals surface area contributed by atoms with Crippen molar-refractivity contribution in [3.63, 3.8) is 0 Å². The standard InChI is InChI=1S/C14H17N3O2/c18-13(17-9-7-15-14(17)19)10-16-8-3-5-11-4-1-2-6-12(11)16/h1-2,4,6H,3,5,7-10H2,(H,15,19). The van der Waals surface area contributed by atoms with E-state index in [1.54, 1.807) is 0 Å². The Morgan fingerprint density at radius 3 is 2.89 bits per heavy atom. The average Bonchev–Trinajstić information content (AvgIpc) is 2.85. The second kappa shape index (κ2) is 4.91. The molecule has 1 saturated heterocycles. The highest BCUT2D eigenvalue weighted by Gasteiger charge is 2.28. The Morgan fingerprint density at radius 2 is 2.11 bits per heavy atom. The molecule has 19 heavy (non-hydrogen) atoms. The summed E-state index contributed by atoms with van der Waals surface area (Å²) in [6.07, 6.45) is 2.11. The summed E-state index contributed by atoms with van der Waals surface area (Å²) in [6.45, 7) is 2.19. The normalized spacial score (nSPS) is 18.2. The highest BCUT2D eigenvalue weighted by molar-refractivity contribution is 5.97. The number of anilines is 1. The Labute approximate surface area is 112 Å². The van der Waals surface area contributed by atoms with Gasteiger partial charge in [0.15, 0.2) is 0 Å². The van der Waals surface area contributed by atoms with Crippen molar-refractivity contribution in [2.45, 2.75) is 12.8 Å². The number of nitrogens with zero attached hydrogens (tertiary/aromatic N) is 2. The van der Waals surface area contributed by atoms with E-state index in [4.69, 9.17) is 0 Å². The fraction of sp³-hybridized carbons (Fsp3) is 0.429. The molecule has 0 unspecified atom stereocenters. The van der Waals surface area contributed by atoms with Crippen molar-refractivity contribution in [3.8, 4) is 0 Å². The van der Waals surface area contributed by atoms with E-state index >= 15 is 0 Å². The minimum Gasteiger partial charge on any atom is -0.362 e. The molecule has 1 N–H and O–H groups in total. The highest BCUT2D eigenvalue weighted by Crippen LogP contribution is 2.26. The average molecular weight is 259 g/mol. The van der Waals surface area contributed by atoms with Gasteiger partial charge < -0.3 is 10.2 Å². The topological polar surface area (TPSA) is 52.7 Å². The molecule has 2 heterocycles. The van der Waals surface area contributed by atoms with Crippen molar-refractivity contribution in [1.29, 1.82) is 0 Å². The third-order valence-electron chi connectivity index (χ3n) is 3.69. The molecule has 2 aliphatic heterocycles. The van der Waals surface area contributed by atoms with Gasteiger partial charge in [-0.2, -0.15) is 0 Å². The molecule has 5 heteroatoms. The monoisotopic (exact) mass is 259 g/mol. The molecule has 5 nitrogen and oxygen atoms in total. The zero-order chi connectivity index (χ0) is 13.2. The molecule has 0 radical (unpaired) electrons. The van der Waals surface area contributed by atoms with Crippen molar-refractivity contribution < 1.29 is 9.59 Å². The lowest BCUT2D eigenvalue weighted by Crippen LogP contribution is -2.43. The summed E-state index contributed by atoms with van der Waals surface area (Å²) in [6, 6.07) is 7.90. The van der Waals surface area contributed by atoms with E-state index < -0.39 is 0 Å². The molecule has 0 spiro atoms. The van der Waals surface area contributed by atoms with Crippen LogP contribution in [0.25, 0.3) is 0 Å². The smallest absolute Gasteiger partial charge is 0.324 e. The van der Waals surface area contributed by atoms with Gasteiger partial charge in [0.25, 0.3) is 0 Å². The van der Waals surface area contributed by atoms with Gasteiger partial charge in [0.2, 0.25) is 5.91 Å². The quantitative estimate of drug-likeness (QED) is 0.861. The number of fused-ring (bicyclic) bond motifs is 1. The lowest BCUT2D eigenvalue weighted by molar-refractivity contribution is -0.126. The lowest BCUT2D eigenvalue weighted by atomic mass is 10.0. The Morgan fingerprint density at radius 1 is 1.26 bits per heavy atom. The second-order valence-corrected chi connectivity index (χ2v) is 4.93. The Kier molecular flexibility index (Phi) is 3.11. The van der Waals surface area contributed by atoms with Crippen molar-refractivity contribution >= 4 is 17.6 Å². The molecular formula is C14H17N3O2. The second-order valence-electron chi connectivity index (χ2n) is 4.93. The van der Waals surface area contributed by atoms with Crippen LogP contribution in [0, 0.1) is 0 Å². The van der Waals surface area contributed by atoms with E-state index in [2.05, 4.69) is 16.3 Å². The van der Waals surface area contributed by atoms with E-state index in [-0.39, 0.29) is 18.5 Å². The molecule has 1 fully saturated rings. The van der Waals surface area contributed by atoms with Gasteiger partial charge in [0.1, 0.15) is 0 Å². The molecule has 3 rings (SSSR count). The summed E-state index contributed by atoms with van der Waals surface area (Å²) in [7, 11) is 0. The van der Waals surface area contributed by atoms with Gasteiger partial charge >= 0.3 is 6.03 Å². The number of aryl methyl sites for hydroxylation is 1. The number of nitrogens with one attached hydrogen (secondary N) is 1. The van der Waals surface area contributed by atoms with Crippen LogP contribution >= 0.6 is 0 Å². The molecule has 0 aliphatic carbocycles. The van der Waals surface area contributed by atoms with E-state index in [1.165, 1.54) is 10.5 Å². The van der Waals surface area contributed by atoms with Crippen molar-refractivity contribution in [3.05, 3.63) is 29.8 Å². The minimum atomic E-state index is -0.268. The summed E-state index contributed by atoms with van der Waals surface area (Å²) in [5, 5.41) is 2.65. The number of carbonyl (C=O) groups excluding carboxylic acids is 2. The predicted octanol–water partition coefficient (Wildman–Crippen LogP) is 0.991. The van der Waals surface area contributed by atoms with E-state index in [0.717, 1.165) is 25.1 Å². The molecule has 1 aromatic carbocycles. The molecule has 0 aromatic heterocycles. The number of urea groups is 1. The first-order valence-electron chi connectivity index (χ1n) is 6.67. The minimum absolute atomic E-state index is 0.119. The lowest BCUT2D eigenvalue weighted by Gasteiger charge is -2.31. The van der Waals surface area contributed by atoms with Crippen LogP contribution in [0.1, 0.15) is 12.0 Å². The van der Waals surface area contributed by atoms with Crippen LogP contribution in [0.3, 0.4) is 0 Å². The van der Waals surface area contributed by atoms with Crippen LogP contribution in [0.5, 0.6) is 0 Å². The predicted molar refractivity (Wildman–Crippen MR) is 72.1 cm³/mol. The molecule has 0 atom stereocenters. The maximum Gasteiger partial charge on any atom is 0.324 e. The van der Waals surface area contributed by atoms with Crippen LogP contribution in [0.2, 0.25) is 0 Å². The summed E-state index contributed by atoms with van der Waals surface area (Å²) in [4.78, 5) is 27.0. The zero-order valence-corrected chi connectivity index (χ0v) is 10.8. The molecule has 1 aromatic rings. The van der Waals surface area contributed by atoms with Crippen LogP contribution in [-0.2, 0) is 11.2 Å². The van der Waals surface area contributed by atoms with Gasteiger partial charge in [0, 0.05) is 25.3 Å². The number of hydrogen-bond donors (Lipinski definition) is 1. The molecular weight excluding hydrogens is 242 g/mol. The fourth-order valence-corrected chi connectivity index (χ4v) is 2.73. The van der Waals surface area contributed by atoms with Crippen molar-refractivity contribution in [2.75, 3.05) is 31.1 Å². The third-order valence-corrected chi connectivity index (χ3v) is 3.69. The maximum absolute atomic E-state index is 12.2. The molecule has 100 valence electrons. The number of hydrogen-bond acceptors (Lipinski definition) is 3. The molecule has 0 saturated carbocycles. The summed E-state index contributed by atoms with van der Waals surface area (Å²) >= 11 is 0.